The maximum absolute atomic E-state index is 6.21. The molecule has 0 spiro atoms. The van der Waals surface area contributed by atoms with Gasteiger partial charge in [0.2, 0.25) is 0 Å². The third-order valence-electron chi connectivity index (χ3n) is 3.89. The molecule has 0 saturated carbocycles. The second-order valence-electron chi connectivity index (χ2n) is 5.21. The number of nitrogen functional groups attached to an aromatic ring is 1. The van der Waals surface area contributed by atoms with Gasteiger partial charge in [-0.1, -0.05) is 6.92 Å². The maximum atomic E-state index is 6.21. The molecule has 0 aliphatic heterocycles. The fourth-order valence-corrected chi connectivity index (χ4v) is 4.20. The van der Waals surface area contributed by atoms with Gasteiger partial charge in [0.05, 0.1) is 5.39 Å². The fourth-order valence-electron chi connectivity index (χ4n) is 2.92. The Labute approximate surface area is 123 Å². The molecule has 0 amide bonds. The lowest BCUT2D eigenvalue weighted by Gasteiger charge is -2.14. The van der Waals surface area contributed by atoms with Gasteiger partial charge in [-0.05, 0) is 44.6 Å². The Morgan fingerprint density at radius 3 is 2.80 bits per heavy atom. The van der Waals surface area contributed by atoms with Crippen LogP contribution >= 0.6 is 11.3 Å². The van der Waals surface area contributed by atoms with Gasteiger partial charge in [0.15, 0.2) is 5.82 Å². The monoisotopic (exact) mass is 291 g/mol. The summed E-state index contributed by atoms with van der Waals surface area (Å²) in [4.78, 5) is 11.7. The number of nitrogens with two attached hydrogens (primary N) is 1. The second kappa shape index (κ2) is 5.66. The summed E-state index contributed by atoms with van der Waals surface area (Å²) in [6.07, 6.45) is 5.61. The Balaban J connectivity index is 2.10. The third-order valence-corrected chi connectivity index (χ3v) is 5.07. The summed E-state index contributed by atoms with van der Waals surface area (Å²) in [7, 11) is 0. The summed E-state index contributed by atoms with van der Waals surface area (Å²) in [5, 5.41) is 1.10. The van der Waals surface area contributed by atoms with Crippen LogP contribution in [0.1, 0.15) is 55.5 Å². The van der Waals surface area contributed by atoms with E-state index in [2.05, 4.69) is 11.9 Å². The average molecular weight is 291 g/mol. The summed E-state index contributed by atoms with van der Waals surface area (Å²) in [5.74, 6) is 1.36. The van der Waals surface area contributed by atoms with E-state index in [1.54, 1.807) is 11.3 Å². The Hall–Kier alpha value is -1.20. The minimum Gasteiger partial charge on any atom is -0.383 e. The molecule has 4 nitrogen and oxygen atoms in total. The van der Waals surface area contributed by atoms with Crippen molar-refractivity contribution in [2.24, 2.45) is 0 Å². The van der Waals surface area contributed by atoms with E-state index in [0.29, 0.717) is 12.4 Å². The quantitative estimate of drug-likeness (QED) is 0.934. The van der Waals surface area contributed by atoms with Gasteiger partial charge >= 0.3 is 0 Å². The van der Waals surface area contributed by atoms with E-state index in [0.717, 1.165) is 35.3 Å². The van der Waals surface area contributed by atoms with Crippen LogP contribution in [0.4, 0.5) is 5.82 Å². The number of fused-ring (bicyclic) bond motifs is 3. The SMILES string of the molecule is CCOC(CC)c1nc(N)c2c3c(sc2n1)CCCC3. The highest BCUT2D eigenvalue weighted by Gasteiger charge is 2.22. The van der Waals surface area contributed by atoms with E-state index in [1.165, 1.54) is 23.3 Å². The first kappa shape index (κ1) is 13.8. The standard InChI is InChI=1S/C15H21N3OS/c1-3-10(19-4-2)14-17-13(16)12-9-7-5-6-8-11(9)20-15(12)18-14/h10H,3-8H2,1-2H3,(H2,16,17,18). The Morgan fingerprint density at radius 1 is 1.25 bits per heavy atom. The zero-order chi connectivity index (χ0) is 14.1. The largest absolute Gasteiger partial charge is 0.383 e. The molecule has 108 valence electrons. The van der Waals surface area contributed by atoms with E-state index in [1.807, 2.05) is 6.92 Å². The highest BCUT2D eigenvalue weighted by molar-refractivity contribution is 7.19. The number of thiophene rings is 1. The van der Waals surface area contributed by atoms with E-state index in [-0.39, 0.29) is 6.10 Å². The van der Waals surface area contributed by atoms with E-state index >= 15 is 0 Å². The minimum atomic E-state index is -0.0502. The summed E-state index contributed by atoms with van der Waals surface area (Å²) < 4.78 is 5.71. The molecule has 1 aliphatic rings. The van der Waals surface area contributed by atoms with Crippen LogP contribution in [-0.2, 0) is 17.6 Å². The Kier molecular flexibility index (Phi) is 3.89. The first-order valence-corrected chi connectivity index (χ1v) is 8.25. The maximum Gasteiger partial charge on any atom is 0.161 e. The molecule has 5 heteroatoms. The molecule has 2 aromatic heterocycles. The van der Waals surface area contributed by atoms with Gasteiger partial charge in [0, 0.05) is 11.5 Å². The van der Waals surface area contributed by atoms with Gasteiger partial charge in [0.25, 0.3) is 0 Å². The number of nitrogens with zero attached hydrogens (tertiary/aromatic N) is 2. The summed E-state index contributed by atoms with van der Waals surface area (Å²) >= 11 is 1.79. The first-order chi connectivity index (χ1) is 9.74. The number of hydrogen-bond acceptors (Lipinski definition) is 5. The minimum absolute atomic E-state index is 0.0502. The topological polar surface area (TPSA) is 61.0 Å². The predicted octanol–water partition coefficient (Wildman–Crippen LogP) is 3.64. The number of aromatic nitrogens is 2. The Morgan fingerprint density at radius 2 is 2.05 bits per heavy atom. The van der Waals surface area contributed by atoms with Crippen molar-refractivity contribution in [1.82, 2.24) is 9.97 Å². The normalized spacial score (nSPS) is 16.3. The van der Waals surface area contributed by atoms with Crippen LogP contribution in [0, 0.1) is 0 Å². The molecule has 20 heavy (non-hydrogen) atoms. The molecule has 0 radical (unpaired) electrons. The van der Waals surface area contributed by atoms with Crippen LogP contribution in [0.3, 0.4) is 0 Å². The number of ether oxygens (including phenoxy) is 1. The molecule has 2 heterocycles. The lowest BCUT2D eigenvalue weighted by molar-refractivity contribution is 0.0539. The Bertz CT molecular complexity index is 623. The molecule has 1 unspecified atom stereocenters. The zero-order valence-corrected chi connectivity index (χ0v) is 12.9. The summed E-state index contributed by atoms with van der Waals surface area (Å²) in [6.45, 7) is 4.75. The van der Waals surface area contributed by atoms with Crippen molar-refractivity contribution in [3.05, 3.63) is 16.3 Å². The average Bonchev–Trinajstić information content (AvgIpc) is 2.83. The molecule has 2 N–H and O–H groups in total. The van der Waals surface area contributed by atoms with Crippen LogP contribution in [0.25, 0.3) is 10.2 Å². The second-order valence-corrected chi connectivity index (χ2v) is 6.29. The smallest absolute Gasteiger partial charge is 0.161 e. The fraction of sp³-hybridized carbons (Fsp3) is 0.600. The van der Waals surface area contributed by atoms with Crippen LogP contribution in [0.2, 0.25) is 0 Å². The number of anilines is 1. The van der Waals surface area contributed by atoms with Crippen molar-refractivity contribution in [1.29, 1.82) is 0 Å². The number of hydrogen-bond donors (Lipinski definition) is 1. The van der Waals surface area contributed by atoms with Gasteiger partial charge in [-0.15, -0.1) is 11.3 Å². The summed E-state index contributed by atoms with van der Waals surface area (Å²) in [5.41, 5.74) is 7.61. The van der Waals surface area contributed by atoms with Crippen molar-refractivity contribution in [2.75, 3.05) is 12.3 Å². The lowest BCUT2D eigenvalue weighted by atomic mass is 9.97. The molecule has 0 bridgehead atoms. The molecular formula is C15H21N3OS. The van der Waals surface area contributed by atoms with Crippen LogP contribution in [-0.4, -0.2) is 16.6 Å². The van der Waals surface area contributed by atoms with E-state index in [4.69, 9.17) is 15.5 Å². The molecule has 2 aromatic rings. The van der Waals surface area contributed by atoms with E-state index in [9.17, 15) is 0 Å². The first-order valence-electron chi connectivity index (χ1n) is 7.43. The molecule has 1 aliphatic carbocycles. The van der Waals surface area contributed by atoms with Gasteiger partial charge in [-0.3, -0.25) is 0 Å². The third kappa shape index (κ3) is 2.29. The summed E-state index contributed by atoms with van der Waals surface area (Å²) in [6, 6.07) is 0. The highest BCUT2D eigenvalue weighted by atomic mass is 32.1. The van der Waals surface area contributed by atoms with Gasteiger partial charge in [0.1, 0.15) is 16.8 Å². The van der Waals surface area contributed by atoms with Crippen LogP contribution < -0.4 is 5.73 Å². The van der Waals surface area contributed by atoms with Crippen molar-refractivity contribution < 1.29 is 4.74 Å². The van der Waals surface area contributed by atoms with Gasteiger partial charge in [-0.25, -0.2) is 9.97 Å². The van der Waals surface area contributed by atoms with Crippen molar-refractivity contribution in [3.8, 4) is 0 Å². The number of rotatable bonds is 4. The van der Waals surface area contributed by atoms with E-state index < -0.39 is 0 Å². The van der Waals surface area contributed by atoms with Crippen molar-refractivity contribution >= 4 is 27.4 Å². The molecule has 0 fully saturated rings. The van der Waals surface area contributed by atoms with Crippen LogP contribution in [0.15, 0.2) is 0 Å². The van der Waals surface area contributed by atoms with Gasteiger partial charge in [-0.2, -0.15) is 0 Å². The predicted molar refractivity (Wildman–Crippen MR) is 83.1 cm³/mol. The lowest BCUT2D eigenvalue weighted by Crippen LogP contribution is -2.09. The molecule has 0 aromatic carbocycles. The zero-order valence-electron chi connectivity index (χ0n) is 12.1. The van der Waals surface area contributed by atoms with Crippen molar-refractivity contribution in [3.63, 3.8) is 0 Å². The molecule has 0 saturated heterocycles. The molecule has 1 atom stereocenters. The van der Waals surface area contributed by atoms with Gasteiger partial charge < -0.3 is 10.5 Å². The molecule has 3 rings (SSSR count). The molecular weight excluding hydrogens is 270 g/mol. The van der Waals surface area contributed by atoms with Crippen molar-refractivity contribution in [2.45, 2.75) is 52.1 Å². The highest BCUT2D eigenvalue weighted by Crippen LogP contribution is 2.38. The number of aryl methyl sites for hydroxylation is 2. The van der Waals surface area contributed by atoms with Crippen LogP contribution in [0.5, 0.6) is 0 Å².